The Kier molecular flexibility index (Phi) is 6.62. The highest BCUT2D eigenvalue weighted by Gasteiger charge is 2.23. The number of piperidine rings is 1. The Balaban J connectivity index is 1.46. The van der Waals surface area contributed by atoms with Gasteiger partial charge < -0.3 is 10.1 Å². The Morgan fingerprint density at radius 2 is 1.84 bits per heavy atom. The summed E-state index contributed by atoms with van der Waals surface area (Å²) in [7, 11) is 1.65. The molecule has 1 aliphatic heterocycles. The van der Waals surface area contributed by atoms with E-state index in [9.17, 15) is 9.59 Å². The molecule has 31 heavy (non-hydrogen) atoms. The fraction of sp³-hybridized carbons (Fsp3) is 0.375. The fourth-order valence-corrected chi connectivity index (χ4v) is 4.15. The third kappa shape index (κ3) is 4.94. The van der Waals surface area contributed by atoms with Gasteiger partial charge in [-0.05, 0) is 55.8 Å². The van der Waals surface area contributed by atoms with Gasteiger partial charge in [0.1, 0.15) is 12.3 Å². The molecule has 1 aromatic heterocycles. The Hall–Kier alpha value is -3.19. The zero-order chi connectivity index (χ0) is 21.6. The van der Waals surface area contributed by atoms with Gasteiger partial charge in [-0.15, -0.1) is 0 Å². The van der Waals surface area contributed by atoms with E-state index < -0.39 is 0 Å². The number of amides is 1. The summed E-state index contributed by atoms with van der Waals surface area (Å²) in [5, 5.41) is 3.55. The van der Waals surface area contributed by atoms with Crippen LogP contribution in [0.4, 0.5) is 0 Å². The van der Waals surface area contributed by atoms with E-state index in [1.807, 2.05) is 18.2 Å². The van der Waals surface area contributed by atoms with Gasteiger partial charge in [-0.2, -0.15) is 0 Å². The summed E-state index contributed by atoms with van der Waals surface area (Å²) in [6, 6.07) is 15.3. The van der Waals surface area contributed by atoms with Crippen molar-refractivity contribution in [3.8, 4) is 5.75 Å². The fourth-order valence-electron chi connectivity index (χ4n) is 4.15. The lowest BCUT2D eigenvalue weighted by Crippen LogP contribution is -2.42. The average Bonchev–Trinajstić information content (AvgIpc) is 2.82. The average molecular weight is 421 g/mol. The molecule has 4 rings (SSSR count). The number of para-hydroxylation sites is 1. The van der Waals surface area contributed by atoms with Gasteiger partial charge in [-0.1, -0.05) is 30.7 Å². The minimum absolute atomic E-state index is 0.0496. The maximum atomic E-state index is 12.7. The van der Waals surface area contributed by atoms with Gasteiger partial charge in [-0.25, -0.2) is 4.98 Å². The van der Waals surface area contributed by atoms with Crippen molar-refractivity contribution in [2.24, 2.45) is 0 Å². The van der Waals surface area contributed by atoms with Gasteiger partial charge >= 0.3 is 0 Å². The van der Waals surface area contributed by atoms with E-state index >= 15 is 0 Å². The van der Waals surface area contributed by atoms with Gasteiger partial charge in [0.2, 0.25) is 5.91 Å². The smallest absolute Gasteiger partial charge is 0.261 e. The van der Waals surface area contributed by atoms with Crippen molar-refractivity contribution in [2.75, 3.05) is 26.7 Å². The van der Waals surface area contributed by atoms with Crippen LogP contribution in [-0.4, -0.2) is 47.1 Å². The molecule has 0 aliphatic carbocycles. The number of benzene rings is 2. The zero-order valence-corrected chi connectivity index (χ0v) is 17.8. The zero-order valence-electron chi connectivity index (χ0n) is 17.8. The molecule has 1 amide bonds. The summed E-state index contributed by atoms with van der Waals surface area (Å²) >= 11 is 0. The van der Waals surface area contributed by atoms with E-state index in [0.29, 0.717) is 17.4 Å². The number of methoxy groups -OCH3 is 1. The lowest BCUT2D eigenvalue weighted by molar-refractivity contribution is -0.122. The summed E-state index contributed by atoms with van der Waals surface area (Å²) in [5.41, 5.74) is 1.57. The first-order valence-electron chi connectivity index (χ1n) is 10.7. The lowest BCUT2D eigenvalue weighted by atomic mass is 10.0. The van der Waals surface area contributed by atoms with Crippen LogP contribution in [0.15, 0.2) is 59.7 Å². The first-order chi connectivity index (χ1) is 15.2. The van der Waals surface area contributed by atoms with Crippen LogP contribution < -0.4 is 15.6 Å². The molecule has 2 aromatic carbocycles. The second kappa shape index (κ2) is 9.75. The van der Waals surface area contributed by atoms with Crippen LogP contribution in [0.3, 0.4) is 0 Å². The number of aromatic nitrogens is 2. The molecule has 0 bridgehead atoms. The van der Waals surface area contributed by atoms with Crippen molar-refractivity contribution in [3.63, 3.8) is 0 Å². The number of rotatable bonds is 7. The van der Waals surface area contributed by atoms with Crippen LogP contribution >= 0.6 is 0 Å². The van der Waals surface area contributed by atoms with Crippen LogP contribution in [-0.2, 0) is 11.3 Å². The van der Waals surface area contributed by atoms with E-state index in [4.69, 9.17) is 4.74 Å². The first-order valence-corrected chi connectivity index (χ1v) is 10.7. The number of fused-ring (bicyclic) bond motifs is 1. The molecule has 2 heterocycles. The van der Waals surface area contributed by atoms with E-state index in [1.165, 1.54) is 30.2 Å². The molecule has 162 valence electrons. The molecule has 1 saturated heterocycles. The van der Waals surface area contributed by atoms with Crippen molar-refractivity contribution >= 4 is 16.8 Å². The second-order valence-electron chi connectivity index (χ2n) is 7.88. The molecular weight excluding hydrogens is 392 g/mol. The number of hydrogen-bond acceptors (Lipinski definition) is 5. The molecule has 1 aliphatic rings. The number of nitrogens with one attached hydrogen (secondary N) is 1. The highest BCUT2D eigenvalue weighted by Crippen LogP contribution is 2.25. The predicted molar refractivity (Wildman–Crippen MR) is 120 cm³/mol. The first kappa shape index (κ1) is 21.1. The van der Waals surface area contributed by atoms with Gasteiger partial charge in [0.25, 0.3) is 5.56 Å². The van der Waals surface area contributed by atoms with E-state index in [1.54, 1.807) is 25.3 Å². The summed E-state index contributed by atoms with van der Waals surface area (Å²) in [4.78, 5) is 32.1. The molecule has 7 nitrogen and oxygen atoms in total. The lowest BCUT2D eigenvalue weighted by Gasteiger charge is -2.35. The summed E-state index contributed by atoms with van der Waals surface area (Å²) in [6.45, 7) is 2.47. The molecule has 0 spiro atoms. The minimum atomic E-state index is -0.205. The molecule has 0 saturated carbocycles. The third-order valence-corrected chi connectivity index (χ3v) is 5.87. The van der Waals surface area contributed by atoms with Crippen LogP contribution in [0, 0.1) is 0 Å². The molecule has 3 aromatic rings. The van der Waals surface area contributed by atoms with Gasteiger partial charge in [0, 0.05) is 6.54 Å². The van der Waals surface area contributed by atoms with Crippen molar-refractivity contribution < 1.29 is 9.53 Å². The van der Waals surface area contributed by atoms with E-state index in [2.05, 4.69) is 27.3 Å². The normalized spacial score (nSPS) is 15.5. The Morgan fingerprint density at radius 1 is 1.10 bits per heavy atom. The molecule has 1 fully saturated rings. The number of carbonyl (C=O) groups is 1. The number of nitrogens with zero attached hydrogens (tertiary/aromatic N) is 3. The van der Waals surface area contributed by atoms with Crippen LogP contribution in [0.1, 0.15) is 30.9 Å². The molecule has 0 radical (unpaired) electrons. The molecule has 1 atom stereocenters. The number of likely N-dealkylation sites (tertiary alicyclic amines) is 1. The van der Waals surface area contributed by atoms with Crippen LogP contribution in [0.2, 0.25) is 0 Å². The van der Waals surface area contributed by atoms with Gasteiger partial charge in [0.05, 0.1) is 30.4 Å². The molecule has 7 heteroatoms. The van der Waals surface area contributed by atoms with Crippen molar-refractivity contribution in [3.05, 3.63) is 70.8 Å². The molecular formula is C24H28N4O3. The maximum absolute atomic E-state index is 12.7. The number of hydrogen-bond donors (Lipinski definition) is 1. The maximum Gasteiger partial charge on any atom is 0.261 e. The van der Waals surface area contributed by atoms with Crippen LogP contribution in [0.5, 0.6) is 5.75 Å². The second-order valence-corrected chi connectivity index (χ2v) is 7.88. The third-order valence-electron chi connectivity index (χ3n) is 5.87. The van der Waals surface area contributed by atoms with Gasteiger partial charge in [-0.3, -0.25) is 19.1 Å². The Labute approximate surface area is 181 Å². The SMILES string of the molecule is COc1ccc([C@H](CNC(=O)Cn2cnc3ccccc3c2=O)N2CCCCC2)cc1. The topological polar surface area (TPSA) is 76.5 Å². The number of ether oxygens (including phenoxy) is 1. The number of carbonyl (C=O) groups excluding carboxylic acids is 1. The quantitative estimate of drug-likeness (QED) is 0.636. The van der Waals surface area contributed by atoms with Crippen molar-refractivity contribution in [1.82, 2.24) is 19.8 Å². The molecule has 0 unspecified atom stereocenters. The summed E-state index contributed by atoms with van der Waals surface area (Å²) < 4.78 is 6.64. The van der Waals surface area contributed by atoms with E-state index in [0.717, 1.165) is 24.4 Å². The Bertz CT molecular complexity index is 1090. The predicted octanol–water partition coefficient (Wildman–Crippen LogP) is 2.75. The highest BCUT2D eigenvalue weighted by molar-refractivity contribution is 5.78. The standard InChI is InChI=1S/C24H28N4O3/c1-31-19-11-9-18(10-12-19)22(27-13-5-2-6-14-27)15-25-23(29)16-28-17-26-21-8-4-3-7-20(21)24(28)30/h3-4,7-12,17,22H,2,5-6,13-16H2,1H3,(H,25,29)/t22-/m0/s1. The monoisotopic (exact) mass is 420 g/mol. The van der Waals surface area contributed by atoms with Crippen molar-refractivity contribution in [2.45, 2.75) is 31.8 Å². The summed E-state index contributed by atoms with van der Waals surface area (Å²) in [5.74, 6) is 0.614. The van der Waals surface area contributed by atoms with E-state index in [-0.39, 0.29) is 24.1 Å². The van der Waals surface area contributed by atoms with Gasteiger partial charge in [0.15, 0.2) is 0 Å². The van der Waals surface area contributed by atoms with Crippen molar-refractivity contribution in [1.29, 1.82) is 0 Å². The highest BCUT2D eigenvalue weighted by atomic mass is 16.5. The molecule has 1 N–H and O–H groups in total. The largest absolute Gasteiger partial charge is 0.497 e. The minimum Gasteiger partial charge on any atom is -0.497 e. The Morgan fingerprint density at radius 3 is 2.58 bits per heavy atom. The summed E-state index contributed by atoms with van der Waals surface area (Å²) in [6.07, 6.45) is 5.02. The van der Waals surface area contributed by atoms with Crippen LogP contribution in [0.25, 0.3) is 10.9 Å².